The summed E-state index contributed by atoms with van der Waals surface area (Å²) < 4.78 is 5.37. The number of ether oxygens (including phenoxy) is 1. The summed E-state index contributed by atoms with van der Waals surface area (Å²) in [5.74, 6) is -0.151. The summed E-state index contributed by atoms with van der Waals surface area (Å²) in [7, 11) is 0. The van der Waals surface area contributed by atoms with Crippen molar-refractivity contribution in [1.82, 2.24) is 5.32 Å². The fourth-order valence-electron chi connectivity index (χ4n) is 2.26. The number of hydrogen-bond donors (Lipinski definition) is 2. The van der Waals surface area contributed by atoms with Crippen molar-refractivity contribution in [3.63, 3.8) is 0 Å². The molecule has 0 heterocycles. The molecule has 26 heavy (non-hydrogen) atoms. The maximum atomic E-state index is 12.0. The van der Waals surface area contributed by atoms with Crippen molar-refractivity contribution in [3.05, 3.63) is 63.2 Å². The van der Waals surface area contributed by atoms with E-state index in [1.165, 1.54) is 18.2 Å². The van der Waals surface area contributed by atoms with Crippen molar-refractivity contribution in [3.8, 4) is 5.75 Å². The molecule has 2 aromatic carbocycles. The average Bonchev–Trinajstić information content (AvgIpc) is 2.61. The second-order valence-corrected chi connectivity index (χ2v) is 5.93. The number of carbonyl (C=O) groups excluding carboxylic acids is 1. The molecule has 2 rings (SSSR count). The summed E-state index contributed by atoms with van der Waals surface area (Å²) in [6, 6.07) is 11.7. The van der Waals surface area contributed by atoms with Gasteiger partial charge in [-0.05, 0) is 36.4 Å². The molecule has 0 aliphatic heterocycles. The Labute approximate surface area is 156 Å². The smallest absolute Gasteiger partial charge is 0.312 e. The van der Waals surface area contributed by atoms with Gasteiger partial charge in [-0.15, -0.1) is 0 Å². The lowest BCUT2D eigenvalue weighted by molar-refractivity contribution is -0.385. The van der Waals surface area contributed by atoms with Crippen LogP contribution in [-0.4, -0.2) is 24.0 Å². The summed E-state index contributed by atoms with van der Waals surface area (Å²) in [5.41, 5.74) is 1.54. The van der Waals surface area contributed by atoms with Crippen LogP contribution in [0.3, 0.4) is 0 Å². The van der Waals surface area contributed by atoms with Crippen molar-refractivity contribution in [1.29, 1.82) is 0 Å². The quantitative estimate of drug-likeness (QED) is 0.512. The molecule has 0 fully saturated rings. The van der Waals surface area contributed by atoms with Crippen LogP contribution >= 0.6 is 11.6 Å². The van der Waals surface area contributed by atoms with Gasteiger partial charge in [-0.25, -0.2) is 0 Å². The number of amides is 1. The van der Waals surface area contributed by atoms with E-state index >= 15 is 0 Å². The number of nitrogens with one attached hydrogen (secondary N) is 2. The first-order valence-electron chi connectivity index (χ1n) is 8.16. The zero-order valence-electron chi connectivity index (χ0n) is 14.3. The van der Waals surface area contributed by atoms with Gasteiger partial charge < -0.3 is 15.4 Å². The molecule has 0 bridgehead atoms. The summed E-state index contributed by atoms with van der Waals surface area (Å²) >= 11 is 5.75. The molecule has 0 unspecified atom stereocenters. The number of nitrogens with zero attached hydrogens (tertiary/aromatic N) is 1. The molecule has 0 aromatic heterocycles. The molecule has 2 N–H and O–H groups in total. The molecule has 0 radical (unpaired) electrons. The minimum absolute atomic E-state index is 0.0192. The third-order valence-electron chi connectivity index (χ3n) is 3.49. The predicted octanol–water partition coefficient (Wildman–Crippen LogP) is 3.77. The summed E-state index contributed by atoms with van der Waals surface area (Å²) in [6.45, 7) is 3.64. The van der Waals surface area contributed by atoms with Gasteiger partial charge in [-0.2, -0.15) is 0 Å². The Bertz CT molecular complexity index is 783. The largest absolute Gasteiger partial charge is 0.486 e. The zero-order chi connectivity index (χ0) is 18.9. The molecule has 7 nitrogen and oxygen atoms in total. The van der Waals surface area contributed by atoms with E-state index < -0.39 is 4.92 Å². The van der Waals surface area contributed by atoms with E-state index in [2.05, 4.69) is 10.6 Å². The fourth-order valence-corrected chi connectivity index (χ4v) is 2.43. The number of hydrogen-bond acceptors (Lipinski definition) is 5. The van der Waals surface area contributed by atoms with Gasteiger partial charge in [-0.1, -0.05) is 30.7 Å². The summed E-state index contributed by atoms with van der Waals surface area (Å²) in [4.78, 5) is 22.5. The van der Waals surface area contributed by atoms with Crippen LogP contribution in [0.15, 0.2) is 42.5 Å². The van der Waals surface area contributed by atoms with Crippen LogP contribution in [0.25, 0.3) is 0 Å². The van der Waals surface area contributed by atoms with Crippen LogP contribution in [0.5, 0.6) is 5.75 Å². The Kier molecular flexibility index (Phi) is 7.37. The lowest BCUT2D eigenvalue weighted by Gasteiger charge is -2.09. The number of nitro benzene ring substituents is 1. The Morgan fingerprint density at radius 3 is 2.81 bits per heavy atom. The molecule has 8 heteroatoms. The van der Waals surface area contributed by atoms with E-state index in [-0.39, 0.29) is 35.4 Å². The molecule has 2 aromatic rings. The van der Waals surface area contributed by atoms with Crippen LogP contribution in [0.1, 0.15) is 18.9 Å². The Morgan fingerprint density at radius 1 is 1.27 bits per heavy atom. The third kappa shape index (κ3) is 6.02. The highest BCUT2D eigenvalue weighted by molar-refractivity contribution is 6.30. The van der Waals surface area contributed by atoms with E-state index in [1.807, 2.05) is 25.1 Å². The van der Waals surface area contributed by atoms with Crippen molar-refractivity contribution in [2.45, 2.75) is 19.9 Å². The van der Waals surface area contributed by atoms with Crippen molar-refractivity contribution >= 4 is 28.9 Å². The van der Waals surface area contributed by atoms with E-state index in [1.54, 1.807) is 6.07 Å². The fraction of sp³-hybridized carbons (Fsp3) is 0.278. The van der Waals surface area contributed by atoms with Crippen LogP contribution < -0.4 is 15.4 Å². The van der Waals surface area contributed by atoms with Crippen LogP contribution in [0.4, 0.5) is 11.4 Å². The first-order chi connectivity index (χ1) is 12.5. The monoisotopic (exact) mass is 377 g/mol. The predicted molar refractivity (Wildman–Crippen MR) is 101 cm³/mol. The minimum atomic E-state index is -0.572. The van der Waals surface area contributed by atoms with Gasteiger partial charge in [0, 0.05) is 23.3 Å². The molecular formula is C18H20ClN3O4. The van der Waals surface area contributed by atoms with Crippen molar-refractivity contribution in [2.24, 2.45) is 0 Å². The normalized spacial score (nSPS) is 10.4. The van der Waals surface area contributed by atoms with E-state index in [0.717, 1.165) is 18.7 Å². The van der Waals surface area contributed by atoms with Gasteiger partial charge in [0.15, 0.2) is 5.75 Å². The van der Waals surface area contributed by atoms with Gasteiger partial charge in [0.25, 0.3) is 0 Å². The SMILES string of the molecule is CCNCc1cccc(NC(=O)CCOc2ccc(Cl)cc2[N+](=O)[O-])c1. The number of rotatable bonds is 9. The molecule has 1 amide bonds. The summed E-state index contributed by atoms with van der Waals surface area (Å²) in [5, 5.41) is 17.3. The van der Waals surface area contributed by atoms with E-state index in [9.17, 15) is 14.9 Å². The number of anilines is 1. The Morgan fingerprint density at radius 2 is 2.08 bits per heavy atom. The van der Waals surface area contributed by atoms with E-state index in [4.69, 9.17) is 16.3 Å². The van der Waals surface area contributed by atoms with Gasteiger partial charge in [0.2, 0.25) is 5.91 Å². The van der Waals surface area contributed by atoms with Crippen molar-refractivity contribution < 1.29 is 14.5 Å². The van der Waals surface area contributed by atoms with Gasteiger partial charge >= 0.3 is 5.69 Å². The molecule has 0 saturated carbocycles. The number of benzene rings is 2. The second kappa shape index (κ2) is 9.74. The van der Waals surface area contributed by atoms with Crippen molar-refractivity contribution in [2.75, 3.05) is 18.5 Å². The highest BCUT2D eigenvalue weighted by Gasteiger charge is 2.16. The molecule has 0 aliphatic rings. The standard InChI is InChI=1S/C18H20ClN3O4/c1-2-20-12-13-4-3-5-15(10-13)21-18(23)8-9-26-17-7-6-14(19)11-16(17)22(24)25/h3-7,10-11,20H,2,8-9,12H2,1H3,(H,21,23). The number of nitro groups is 1. The van der Waals surface area contributed by atoms with Gasteiger partial charge in [0.05, 0.1) is 18.0 Å². The second-order valence-electron chi connectivity index (χ2n) is 5.50. The molecule has 0 saturated heterocycles. The average molecular weight is 378 g/mol. The number of halogens is 1. The first-order valence-corrected chi connectivity index (χ1v) is 8.53. The van der Waals surface area contributed by atoms with E-state index in [0.29, 0.717) is 5.69 Å². The van der Waals surface area contributed by atoms with Crippen LogP contribution in [0.2, 0.25) is 5.02 Å². The van der Waals surface area contributed by atoms with Gasteiger partial charge in [0.1, 0.15) is 0 Å². The molecule has 0 aliphatic carbocycles. The Hall–Kier alpha value is -2.64. The third-order valence-corrected chi connectivity index (χ3v) is 3.73. The van der Waals surface area contributed by atoms with Crippen LogP contribution in [-0.2, 0) is 11.3 Å². The van der Waals surface area contributed by atoms with Crippen LogP contribution in [0, 0.1) is 10.1 Å². The highest BCUT2D eigenvalue weighted by Crippen LogP contribution is 2.29. The molecular weight excluding hydrogens is 358 g/mol. The lowest BCUT2D eigenvalue weighted by Crippen LogP contribution is -2.16. The number of carbonyl (C=O) groups is 1. The minimum Gasteiger partial charge on any atom is -0.486 e. The molecule has 0 spiro atoms. The maximum absolute atomic E-state index is 12.0. The molecule has 0 atom stereocenters. The lowest BCUT2D eigenvalue weighted by atomic mass is 10.2. The molecule has 138 valence electrons. The highest BCUT2D eigenvalue weighted by atomic mass is 35.5. The maximum Gasteiger partial charge on any atom is 0.312 e. The summed E-state index contributed by atoms with van der Waals surface area (Å²) in [6.07, 6.45) is 0.0667. The zero-order valence-corrected chi connectivity index (χ0v) is 15.1. The topological polar surface area (TPSA) is 93.5 Å². The Balaban J connectivity index is 1.87. The van der Waals surface area contributed by atoms with Gasteiger partial charge in [-0.3, -0.25) is 14.9 Å². The first kappa shape index (κ1) is 19.7.